The Bertz CT molecular complexity index is 589. The average molecular weight is 365 g/mol. The van der Waals surface area contributed by atoms with Crippen LogP contribution >= 0.6 is 0 Å². The van der Waals surface area contributed by atoms with Crippen LogP contribution in [0.2, 0.25) is 0 Å². The fraction of sp³-hybridized carbons (Fsp3) is 0.571. The Hall–Kier alpha value is -1.79. The summed E-state index contributed by atoms with van der Waals surface area (Å²) in [6, 6.07) is -0.484. The van der Waals surface area contributed by atoms with Crippen LogP contribution in [-0.4, -0.2) is 69.1 Å². The molecule has 0 bridgehead atoms. The van der Waals surface area contributed by atoms with Gasteiger partial charge in [-0.3, -0.25) is 0 Å². The highest BCUT2D eigenvalue weighted by atomic mass is 19.4. The fourth-order valence-electron chi connectivity index (χ4n) is 2.28. The van der Waals surface area contributed by atoms with Crippen molar-refractivity contribution in [2.24, 2.45) is 0 Å². The summed E-state index contributed by atoms with van der Waals surface area (Å²) in [6.07, 6.45) is -7.68. The summed E-state index contributed by atoms with van der Waals surface area (Å²) in [4.78, 5) is 7.00. The quantitative estimate of drug-likeness (QED) is 0.517. The highest BCUT2D eigenvalue weighted by molar-refractivity contribution is 5.29. The molecule has 1 aliphatic heterocycles. The third kappa shape index (κ3) is 4.64. The van der Waals surface area contributed by atoms with Gasteiger partial charge in [0.25, 0.3) is 0 Å². The maximum absolute atomic E-state index is 12.7. The number of rotatable bonds is 6. The molecule has 0 saturated carbocycles. The number of aromatic nitrogens is 2. The maximum Gasteiger partial charge on any atom is 0.433 e. The van der Waals surface area contributed by atoms with E-state index in [9.17, 15) is 28.5 Å². The molecule has 5 atom stereocenters. The SMILES string of the molecule is C=CCOC1OC(CO)C(O)C(O)C1Nc1nccc(C(F)(F)F)n1. The van der Waals surface area contributed by atoms with E-state index in [1.807, 2.05) is 0 Å². The molecule has 1 aromatic heterocycles. The van der Waals surface area contributed by atoms with Crippen molar-refractivity contribution in [2.45, 2.75) is 36.8 Å². The standard InChI is InChI=1S/C14H18F3N3O5/c1-2-5-24-12-9(11(23)10(22)7(6-21)25-12)20-13-18-4-3-8(19-13)14(15,16)17/h2-4,7,9-12,21-23H,1,5-6H2,(H,18,19,20). The van der Waals surface area contributed by atoms with Gasteiger partial charge in [0.05, 0.1) is 13.2 Å². The average Bonchev–Trinajstić information content (AvgIpc) is 2.58. The number of alkyl halides is 3. The van der Waals surface area contributed by atoms with Crippen LogP contribution in [0.1, 0.15) is 5.69 Å². The number of aliphatic hydroxyl groups excluding tert-OH is 3. The summed E-state index contributed by atoms with van der Waals surface area (Å²) in [5.74, 6) is -0.427. The van der Waals surface area contributed by atoms with Crippen molar-refractivity contribution in [2.75, 3.05) is 18.5 Å². The van der Waals surface area contributed by atoms with Crippen LogP contribution in [0.15, 0.2) is 24.9 Å². The molecule has 11 heteroatoms. The van der Waals surface area contributed by atoms with E-state index >= 15 is 0 Å². The van der Waals surface area contributed by atoms with Gasteiger partial charge in [0.1, 0.15) is 30.0 Å². The van der Waals surface area contributed by atoms with Crippen molar-refractivity contribution in [1.29, 1.82) is 0 Å². The van der Waals surface area contributed by atoms with Crippen molar-refractivity contribution in [3.63, 3.8) is 0 Å². The predicted octanol–water partition coefficient (Wildman–Crippen LogP) is -0.0825. The van der Waals surface area contributed by atoms with Crippen molar-refractivity contribution in [1.82, 2.24) is 9.97 Å². The molecule has 0 aliphatic carbocycles. The normalized spacial score (nSPS) is 30.1. The van der Waals surface area contributed by atoms with Gasteiger partial charge in [-0.25, -0.2) is 9.97 Å². The molecule has 4 N–H and O–H groups in total. The zero-order chi connectivity index (χ0) is 18.6. The first-order valence-electron chi connectivity index (χ1n) is 7.29. The van der Waals surface area contributed by atoms with Crippen LogP contribution in [0.5, 0.6) is 0 Å². The summed E-state index contributed by atoms with van der Waals surface area (Å²) in [6.45, 7) is 2.88. The first-order valence-corrected chi connectivity index (χ1v) is 7.29. The lowest BCUT2D eigenvalue weighted by Gasteiger charge is -2.42. The Morgan fingerprint density at radius 2 is 2.08 bits per heavy atom. The number of hydrogen-bond acceptors (Lipinski definition) is 8. The van der Waals surface area contributed by atoms with Crippen molar-refractivity contribution in [3.05, 3.63) is 30.6 Å². The molecule has 140 valence electrons. The third-order valence-corrected chi connectivity index (χ3v) is 3.50. The zero-order valence-corrected chi connectivity index (χ0v) is 12.9. The van der Waals surface area contributed by atoms with Crippen LogP contribution in [0.4, 0.5) is 19.1 Å². The molecule has 0 aromatic carbocycles. The second kappa shape index (κ2) is 8.06. The van der Waals surface area contributed by atoms with E-state index < -0.39 is 55.1 Å². The summed E-state index contributed by atoms with van der Waals surface area (Å²) in [7, 11) is 0. The maximum atomic E-state index is 12.7. The molecule has 2 rings (SSSR count). The monoisotopic (exact) mass is 365 g/mol. The summed E-state index contributed by atoms with van der Waals surface area (Å²) in [5.41, 5.74) is -1.17. The molecule has 0 radical (unpaired) electrons. The van der Waals surface area contributed by atoms with Crippen molar-refractivity contribution < 1.29 is 38.0 Å². The van der Waals surface area contributed by atoms with Gasteiger partial charge in [0, 0.05) is 6.20 Å². The molecule has 1 fully saturated rings. The van der Waals surface area contributed by atoms with Gasteiger partial charge in [0.2, 0.25) is 5.95 Å². The van der Waals surface area contributed by atoms with Crippen LogP contribution in [0.25, 0.3) is 0 Å². The van der Waals surface area contributed by atoms with Crippen molar-refractivity contribution in [3.8, 4) is 0 Å². The number of nitrogens with one attached hydrogen (secondary N) is 1. The fourth-order valence-corrected chi connectivity index (χ4v) is 2.28. The van der Waals surface area contributed by atoms with Gasteiger partial charge < -0.3 is 30.1 Å². The van der Waals surface area contributed by atoms with Gasteiger partial charge in [-0.2, -0.15) is 13.2 Å². The minimum absolute atomic E-state index is 0.00720. The number of ether oxygens (including phenoxy) is 2. The van der Waals surface area contributed by atoms with Crippen LogP contribution in [0.3, 0.4) is 0 Å². The molecule has 0 amide bonds. The highest BCUT2D eigenvalue weighted by Crippen LogP contribution is 2.29. The Morgan fingerprint density at radius 3 is 2.68 bits per heavy atom. The lowest BCUT2D eigenvalue weighted by atomic mass is 9.97. The Morgan fingerprint density at radius 1 is 1.36 bits per heavy atom. The molecule has 1 aliphatic rings. The molecule has 0 spiro atoms. The number of halogens is 3. The third-order valence-electron chi connectivity index (χ3n) is 3.50. The van der Waals surface area contributed by atoms with E-state index in [1.165, 1.54) is 6.08 Å². The largest absolute Gasteiger partial charge is 0.433 e. The Kier molecular flexibility index (Phi) is 6.30. The van der Waals surface area contributed by atoms with E-state index in [0.29, 0.717) is 6.07 Å². The second-order valence-corrected chi connectivity index (χ2v) is 5.26. The first-order chi connectivity index (χ1) is 11.8. The smallest absolute Gasteiger partial charge is 0.394 e. The van der Waals surface area contributed by atoms with Crippen LogP contribution < -0.4 is 5.32 Å². The Labute approximate surface area is 140 Å². The number of hydrogen-bond donors (Lipinski definition) is 4. The molecule has 8 nitrogen and oxygen atoms in total. The lowest BCUT2D eigenvalue weighted by Crippen LogP contribution is -2.61. The highest BCUT2D eigenvalue weighted by Gasteiger charge is 2.45. The number of nitrogens with zero attached hydrogens (tertiary/aromatic N) is 2. The van der Waals surface area contributed by atoms with Gasteiger partial charge in [-0.05, 0) is 6.07 Å². The van der Waals surface area contributed by atoms with E-state index in [1.54, 1.807) is 0 Å². The summed E-state index contributed by atoms with van der Waals surface area (Å²) >= 11 is 0. The van der Waals surface area contributed by atoms with E-state index in [0.717, 1.165) is 6.20 Å². The molecule has 2 heterocycles. The lowest BCUT2D eigenvalue weighted by molar-refractivity contribution is -0.259. The number of aliphatic hydroxyl groups is 3. The van der Waals surface area contributed by atoms with Gasteiger partial charge >= 0.3 is 6.18 Å². The van der Waals surface area contributed by atoms with E-state index in [2.05, 4.69) is 21.9 Å². The molecule has 1 aromatic rings. The summed E-state index contributed by atoms with van der Waals surface area (Å²) in [5, 5.41) is 31.8. The van der Waals surface area contributed by atoms with Gasteiger partial charge in [-0.15, -0.1) is 6.58 Å². The number of anilines is 1. The van der Waals surface area contributed by atoms with Crippen molar-refractivity contribution >= 4 is 5.95 Å². The first kappa shape index (κ1) is 19.5. The molecule has 25 heavy (non-hydrogen) atoms. The molecule has 1 saturated heterocycles. The minimum atomic E-state index is -4.67. The molecular formula is C14H18F3N3O5. The summed E-state index contributed by atoms with van der Waals surface area (Å²) < 4.78 is 48.8. The Balaban J connectivity index is 2.22. The molecule has 5 unspecified atom stereocenters. The predicted molar refractivity (Wildman–Crippen MR) is 78.4 cm³/mol. The molecular weight excluding hydrogens is 347 g/mol. The van der Waals surface area contributed by atoms with Gasteiger partial charge in [-0.1, -0.05) is 6.08 Å². The topological polar surface area (TPSA) is 117 Å². The van der Waals surface area contributed by atoms with E-state index in [-0.39, 0.29) is 6.61 Å². The second-order valence-electron chi connectivity index (χ2n) is 5.26. The minimum Gasteiger partial charge on any atom is -0.394 e. The zero-order valence-electron chi connectivity index (χ0n) is 12.9. The van der Waals surface area contributed by atoms with Crippen LogP contribution in [0, 0.1) is 0 Å². The van der Waals surface area contributed by atoms with Crippen LogP contribution in [-0.2, 0) is 15.7 Å². The van der Waals surface area contributed by atoms with E-state index in [4.69, 9.17) is 9.47 Å². The van der Waals surface area contributed by atoms with Gasteiger partial charge in [0.15, 0.2) is 6.29 Å².